The number of carbonyl (C=O) groups is 2. The van der Waals surface area contributed by atoms with Gasteiger partial charge in [0.1, 0.15) is 11.6 Å². The van der Waals surface area contributed by atoms with Crippen LogP contribution in [0.25, 0.3) is 6.08 Å². The normalized spacial score (nSPS) is 11.4. The largest absolute Gasteiger partial charge is 0.451 e. The maximum Gasteiger partial charge on any atom is 0.349 e. The topological polar surface area (TPSA) is 84.1 Å². The van der Waals surface area contributed by atoms with Crippen LogP contribution in [0, 0.1) is 51.9 Å². The predicted octanol–water partition coefficient (Wildman–Crippen LogP) is 5.17. The number of benzene rings is 1. The van der Waals surface area contributed by atoms with Gasteiger partial charge in [-0.3, -0.25) is 4.79 Å². The Morgan fingerprint density at radius 3 is 2.31 bits per heavy atom. The third kappa shape index (κ3) is 6.34. The van der Waals surface area contributed by atoms with Crippen molar-refractivity contribution in [2.75, 3.05) is 11.9 Å². The summed E-state index contributed by atoms with van der Waals surface area (Å²) in [5.41, 5.74) is 6.42. The van der Waals surface area contributed by atoms with E-state index in [4.69, 9.17) is 4.74 Å². The van der Waals surface area contributed by atoms with E-state index in [2.05, 4.69) is 23.7 Å². The Morgan fingerprint density at radius 2 is 1.75 bits per heavy atom. The molecule has 1 aromatic heterocycles. The summed E-state index contributed by atoms with van der Waals surface area (Å²) in [5, 5.41) is 12.3. The van der Waals surface area contributed by atoms with Crippen molar-refractivity contribution in [3.05, 3.63) is 57.4 Å². The van der Waals surface area contributed by atoms with Crippen molar-refractivity contribution in [3.63, 3.8) is 0 Å². The van der Waals surface area contributed by atoms with Crippen LogP contribution >= 0.6 is 0 Å². The molecule has 1 N–H and O–H groups in total. The van der Waals surface area contributed by atoms with Gasteiger partial charge in [-0.05, 0) is 75.8 Å². The number of anilines is 1. The van der Waals surface area contributed by atoms with Crippen molar-refractivity contribution in [1.82, 2.24) is 4.57 Å². The van der Waals surface area contributed by atoms with Crippen LogP contribution in [0.2, 0.25) is 0 Å². The average Bonchev–Trinajstić information content (AvgIpc) is 2.97. The Morgan fingerprint density at radius 1 is 1.12 bits per heavy atom. The maximum atomic E-state index is 12.4. The quantitative estimate of drug-likeness (QED) is 0.352. The van der Waals surface area contributed by atoms with Crippen molar-refractivity contribution in [1.29, 1.82) is 5.26 Å². The van der Waals surface area contributed by atoms with Gasteiger partial charge in [-0.1, -0.05) is 31.5 Å². The van der Waals surface area contributed by atoms with Crippen LogP contribution in [-0.2, 0) is 20.9 Å². The van der Waals surface area contributed by atoms with E-state index in [-0.39, 0.29) is 5.57 Å². The molecule has 32 heavy (non-hydrogen) atoms. The zero-order valence-electron chi connectivity index (χ0n) is 20.1. The SMILES string of the molecule is Cc1cc(C)c(NC(=O)COC(=O)C(C#N)=Cc2cc(C)n(CCC(C)C)c2C)c(C)c1. The van der Waals surface area contributed by atoms with E-state index >= 15 is 0 Å². The van der Waals surface area contributed by atoms with Gasteiger partial charge in [0.15, 0.2) is 6.61 Å². The van der Waals surface area contributed by atoms with Crippen LogP contribution < -0.4 is 5.32 Å². The highest BCUT2D eigenvalue weighted by molar-refractivity contribution is 6.00. The molecule has 6 heteroatoms. The number of esters is 1. The van der Waals surface area contributed by atoms with Gasteiger partial charge in [0.05, 0.1) is 0 Å². The van der Waals surface area contributed by atoms with Gasteiger partial charge in [-0.2, -0.15) is 5.26 Å². The van der Waals surface area contributed by atoms with Crippen LogP contribution in [0.1, 0.15) is 53.9 Å². The summed E-state index contributed by atoms with van der Waals surface area (Å²) in [4.78, 5) is 24.7. The number of aryl methyl sites for hydroxylation is 4. The van der Waals surface area contributed by atoms with E-state index in [1.54, 1.807) is 0 Å². The second-order valence-electron chi connectivity index (χ2n) is 8.73. The molecule has 1 aromatic carbocycles. The lowest BCUT2D eigenvalue weighted by atomic mass is 10.1. The second-order valence-corrected chi connectivity index (χ2v) is 8.73. The highest BCUT2D eigenvalue weighted by Gasteiger charge is 2.16. The molecule has 0 bridgehead atoms. The zero-order chi connectivity index (χ0) is 24.0. The summed E-state index contributed by atoms with van der Waals surface area (Å²) in [6.07, 6.45) is 2.57. The number of nitriles is 1. The third-order valence-electron chi connectivity index (χ3n) is 5.46. The molecule has 0 aliphatic heterocycles. The van der Waals surface area contributed by atoms with Crippen LogP contribution in [0.5, 0.6) is 0 Å². The average molecular weight is 436 g/mol. The molecular weight excluding hydrogens is 402 g/mol. The minimum Gasteiger partial charge on any atom is -0.451 e. The summed E-state index contributed by atoms with van der Waals surface area (Å²) in [6.45, 7) is 14.6. The van der Waals surface area contributed by atoms with Crippen molar-refractivity contribution in [2.45, 2.75) is 61.4 Å². The molecule has 0 saturated carbocycles. The fourth-order valence-corrected chi connectivity index (χ4v) is 3.76. The summed E-state index contributed by atoms with van der Waals surface area (Å²) in [7, 11) is 0. The van der Waals surface area contributed by atoms with E-state index in [1.165, 1.54) is 6.08 Å². The first-order valence-electron chi connectivity index (χ1n) is 10.9. The third-order valence-corrected chi connectivity index (χ3v) is 5.46. The first-order chi connectivity index (χ1) is 15.0. The van der Waals surface area contributed by atoms with E-state index in [0.717, 1.165) is 46.6 Å². The molecule has 0 aliphatic carbocycles. The van der Waals surface area contributed by atoms with Crippen molar-refractivity contribution in [2.24, 2.45) is 5.92 Å². The molecule has 0 saturated heterocycles. The Labute approximate surface area is 190 Å². The molecule has 1 heterocycles. The molecule has 170 valence electrons. The maximum absolute atomic E-state index is 12.4. The molecule has 2 rings (SSSR count). The predicted molar refractivity (Wildman–Crippen MR) is 127 cm³/mol. The number of rotatable bonds is 8. The molecule has 2 aromatic rings. The molecule has 0 fully saturated rings. The highest BCUT2D eigenvalue weighted by atomic mass is 16.5. The zero-order valence-corrected chi connectivity index (χ0v) is 20.1. The number of aromatic nitrogens is 1. The number of carbonyl (C=O) groups excluding carboxylic acids is 2. The lowest BCUT2D eigenvalue weighted by molar-refractivity contribution is -0.142. The van der Waals surface area contributed by atoms with Crippen molar-refractivity contribution < 1.29 is 14.3 Å². The lowest BCUT2D eigenvalue weighted by Gasteiger charge is -2.13. The standard InChI is InChI=1S/C26H33N3O3/c1-16(2)8-9-29-20(6)12-22(21(29)7)13-23(14-27)26(31)32-15-24(30)28-25-18(4)10-17(3)11-19(25)5/h10-13,16H,8-9,15H2,1-7H3,(H,28,30). The second kappa shape index (κ2) is 10.8. The molecule has 6 nitrogen and oxygen atoms in total. The van der Waals surface area contributed by atoms with Crippen LogP contribution in [-0.4, -0.2) is 23.1 Å². The van der Waals surface area contributed by atoms with Crippen LogP contribution in [0.4, 0.5) is 5.69 Å². The summed E-state index contributed by atoms with van der Waals surface area (Å²) in [5.74, 6) is -0.678. The van der Waals surface area contributed by atoms with E-state index < -0.39 is 18.5 Å². The van der Waals surface area contributed by atoms with Gasteiger partial charge < -0.3 is 14.6 Å². The Kier molecular flexibility index (Phi) is 8.42. The van der Waals surface area contributed by atoms with Gasteiger partial charge >= 0.3 is 5.97 Å². The van der Waals surface area contributed by atoms with Gasteiger partial charge in [0.2, 0.25) is 0 Å². The van der Waals surface area contributed by atoms with Gasteiger partial charge in [0.25, 0.3) is 5.91 Å². The van der Waals surface area contributed by atoms with E-state index in [9.17, 15) is 14.9 Å². The number of amides is 1. The monoisotopic (exact) mass is 435 g/mol. The van der Waals surface area contributed by atoms with Crippen molar-refractivity contribution >= 4 is 23.6 Å². The van der Waals surface area contributed by atoms with E-state index in [0.29, 0.717) is 11.6 Å². The molecule has 0 radical (unpaired) electrons. The number of hydrogen-bond acceptors (Lipinski definition) is 4. The van der Waals surface area contributed by atoms with Crippen molar-refractivity contribution in [3.8, 4) is 6.07 Å². The summed E-state index contributed by atoms with van der Waals surface area (Å²) in [6, 6.07) is 7.80. The van der Waals surface area contributed by atoms with Gasteiger partial charge in [-0.25, -0.2) is 4.79 Å². The molecule has 0 unspecified atom stereocenters. The lowest BCUT2D eigenvalue weighted by Crippen LogP contribution is -2.22. The minimum atomic E-state index is -0.813. The molecule has 1 amide bonds. The Hall–Kier alpha value is -3.33. The smallest absolute Gasteiger partial charge is 0.349 e. The number of nitrogens with one attached hydrogen (secondary N) is 1. The minimum absolute atomic E-state index is 0.135. The number of hydrogen-bond donors (Lipinski definition) is 1. The van der Waals surface area contributed by atoms with Gasteiger partial charge in [0, 0.05) is 23.6 Å². The molecule has 0 spiro atoms. The molecule has 0 aliphatic rings. The first kappa shape index (κ1) is 24.9. The summed E-state index contributed by atoms with van der Waals surface area (Å²) >= 11 is 0. The molecule has 0 atom stereocenters. The number of ether oxygens (including phenoxy) is 1. The molecular formula is C26H33N3O3. The summed E-state index contributed by atoms with van der Waals surface area (Å²) < 4.78 is 7.30. The first-order valence-corrected chi connectivity index (χ1v) is 10.9. The number of nitrogens with zero attached hydrogens (tertiary/aromatic N) is 2. The van der Waals surface area contributed by atoms with Gasteiger partial charge in [-0.15, -0.1) is 0 Å². The fourth-order valence-electron chi connectivity index (χ4n) is 3.76. The Balaban J connectivity index is 2.07. The van der Waals surface area contributed by atoms with Crippen LogP contribution in [0.3, 0.4) is 0 Å². The van der Waals surface area contributed by atoms with E-state index in [1.807, 2.05) is 58.9 Å². The highest BCUT2D eigenvalue weighted by Crippen LogP contribution is 2.22. The fraction of sp³-hybridized carbons (Fsp3) is 0.423. The Bertz CT molecular complexity index is 1060. The van der Waals surface area contributed by atoms with Crippen LogP contribution in [0.15, 0.2) is 23.8 Å².